The van der Waals surface area contributed by atoms with Gasteiger partial charge in [-0.3, -0.25) is 38.8 Å². The molecule has 412 valence electrons. The Morgan fingerprint density at radius 2 is 1.47 bits per heavy atom. The molecular weight excluding hydrogens is 1020 g/mol. The summed E-state index contributed by atoms with van der Waals surface area (Å²) in [5, 5.41) is 20.9. The SMILES string of the molecule is CCn1nc(C)cc1C(=O)N=c1sc2cc(C(N)=O)cc(OCCCN3CCC(c4nnc5n4CCN(C(=O)OC(C)(C)C)C5)CC3)c2n1C/C=C/Cn1c(NC(=O)c2cc(C)nn2CC)nc2cc(C(N)=O)cc(OC)c21. The molecule has 0 unspecified atom stereocenters. The molecule has 0 bridgehead atoms. The number of primary amides is 2. The number of aryl methyl sites for hydroxylation is 4. The molecule has 7 heterocycles. The lowest BCUT2D eigenvalue weighted by atomic mass is 9.95. The first-order chi connectivity index (χ1) is 37.3. The Kier molecular flexibility index (Phi) is 16.0. The third kappa shape index (κ3) is 11.7. The molecule has 0 aliphatic carbocycles. The normalized spacial score (nSPS) is 14.7. The van der Waals surface area contributed by atoms with Crippen LogP contribution in [0.15, 0.2) is 53.5 Å². The summed E-state index contributed by atoms with van der Waals surface area (Å²) in [6.07, 6.45) is 5.90. The minimum atomic E-state index is -0.672. The summed E-state index contributed by atoms with van der Waals surface area (Å²) < 4.78 is 27.5. The lowest BCUT2D eigenvalue weighted by Gasteiger charge is -2.33. The van der Waals surface area contributed by atoms with E-state index < -0.39 is 29.2 Å². The van der Waals surface area contributed by atoms with Crippen molar-refractivity contribution >= 4 is 68.3 Å². The number of rotatable bonds is 18. The van der Waals surface area contributed by atoms with Crippen LogP contribution in [0.25, 0.3) is 21.3 Å². The summed E-state index contributed by atoms with van der Waals surface area (Å²) in [5.41, 5.74) is 14.9. The number of nitrogens with two attached hydrogens (primary N) is 2. The number of carbonyl (C=O) groups excluding carboxylic acids is 5. The molecule has 5 N–H and O–H groups in total. The van der Waals surface area contributed by atoms with Crippen molar-refractivity contribution in [3.63, 3.8) is 0 Å². The van der Waals surface area contributed by atoms with Gasteiger partial charge in [0.25, 0.3) is 11.8 Å². The summed E-state index contributed by atoms with van der Waals surface area (Å²) in [5.74, 6) is 0.619. The Morgan fingerprint density at radius 3 is 2.14 bits per heavy atom. The molecule has 1 saturated heterocycles. The number of benzene rings is 2. The van der Waals surface area contributed by atoms with Gasteiger partial charge in [-0.25, -0.2) is 9.78 Å². The van der Waals surface area contributed by atoms with Crippen LogP contribution in [0.2, 0.25) is 0 Å². The maximum Gasteiger partial charge on any atom is 0.410 e. The Balaban J connectivity index is 0.961. The molecule has 78 heavy (non-hydrogen) atoms. The number of methoxy groups -OCH3 is 1. The van der Waals surface area contributed by atoms with E-state index >= 15 is 0 Å². The van der Waals surface area contributed by atoms with Crippen LogP contribution >= 0.6 is 11.3 Å². The number of anilines is 1. The molecule has 0 radical (unpaired) electrons. The molecule has 7 aromatic rings. The molecule has 5 aromatic heterocycles. The Labute approximate surface area is 453 Å². The molecular formula is C53H66N16O8S. The van der Waals surface area contributed by atoms with Crippen molar-refractivity contribution in [1.29, 1.82) is 0 Å². The van der Waals surface area contributed by atoms with Gasteiger partial charge in [-0.05, 0) is 117 Å². The van der Waals surface area contributed by atoms with Gasteiger partial charge in [0.2, 0.25) is 17.8 Å². The van der Waals surface area contributed by atoms with Gasteiger partial charge in [-0.1, -0.05) is 23.5 Å². The van der Waals surface area contributed by atoms with E-state index in [1.165, 1.54) is 24.5 Å². The van der Waals surface area contributed by atoms with Crippen LogP contribution < -0.4 is 31.1 Å². The van der Waals surface area contributed by atoms with Gasteiger partial charge in [-0.15, -0.1) is 10.2 Å². The van der Waals surface area contributed by atoms with Crippen LogP contribution in [-0.2, 0) is 44.0 Å². The van der Waals surface area contributed by atoms with Crippen molar-refractivity contribution < 1.29 is 38.2 Å². The van der Waals surface area contributed by atoms with Crippen LogP contribution in [0.5, 0.6) is 11.5 Å². The number of ether oxygens (including phenoxy) is 3. The fourth-order valence-electron chi connectivity index (χ4n) is 9.93. The minimum absolute atomic E-state index is 0.162. The van der Waals surface area contributed by atoms with E-state index in [1.54, 1.807) is 56.1 Å². The van der Waals surface area contributed by atoms with E-state index in [2.05, 4.69) is 40.2 Å². The number of aromatic nitrogens is 10. The highest BCUT2D eigenvalue weighted by Crippen LogP contribution is 2.34. The van der Waals surface area contributed by atoms with E-state index in [-0.39, 0.29) is 42.2 Å². The summed E-state index contributed by atoms with van der Waals surface area (Å²) >= 11 is 1.22. The first kappa shape index (κ1) is 54.6. The van der Waals surface area contributed by atoms with Crippen molar-refractivity contribution in [3.05, 3.63) is 98.9 Å². The van der Waals surface area contributed by atoms with E-state index in [4.69, 9.17) is 30.7 Å². The molecule has 25 heteroatoms. The van der Waals surface area contributed by atoms with Gasteiger partial charge < -0.3 is 44.3 Å². The fraction of sp³-hybridized carbons (Fsp3) is 0.453. The van der Waals surface area contributed by atoms with Crippen molar-refractivity contribution in [1.82, 2.24) is 58.2 Å². The second kappa shape index (κ2) is 22.8. The van der Waals surface area contributed by atoms with E-state index in [0.29, 0.717) is 106 Å². The Bertz CT molecular complexity index is 3540. The van der Waals surface area contributed by atoms with Crippen LogP contribution in [-0.4, -0.2) is 133 Å². The molecule has 1 fully saturated rings. The largest absolute Gasteiger partial charge is 0.494 e. The number of amides is 5. The van der Waals surface area contributed by atoms with E-state index in [9.17, 15) is 24.0 Å². The lowest BCUT2D eigenvalue weighted by molar-refractivity contribution is 0.0193. The van der Waals surface area contributed by atoms with Gasteiger partial charge >= 0.3 is 6.09 Å². The van der Waals surface area contributed by atoms with E-state index in [1.807, 2.05) is 58.3 Å². The first-order valence-corrected chi connectivity index (χ1v) is 26.9. The van der Waals surface area contributed by atoms with E-state index in [0.717, 1.165) is 44.1 Å². The summed E-state index contributed by atoms with van der Waals surface area (Å²) in [6, 6.07) is 9.76. The molecule has 0 saturated carbocycles. The fourth-order valence-corrected chi connectivity index (χ4v) is 11.0. The van der Waals surface area contributed by atoms with Crippen molar-refractivity contribution in [2.75, 3.05) is 45.2 Å². The number of hydrogen-bond donors (Lipinski definition) is 3. The number of nitrogens with zero attached hydrogens (tertiary/aromatic N) is 13. The quantitative estimate of drug-likeness (QED) is 0.0702. The summed E-state index contributed by atoms with van der Waals surface area (Å²) in [4.78, 5) is 79.6. The molecule has 2 aliphatic rings. The average Bonchev–Trinajstić information content (AvgIpc) is 4.25. The van der Waals surface area contributed by atoms with Crippen molar-refractivity contribution in [2.24, 2.45) is 16.5 Å². The number of nitrogens with one attached hydrogen (secondary N) is 1. The van der Waals surface area contributed by atoms with Crippen molar-refractivity contribution in [3.8, 4) is 11.5 Å². The minimum Gasteiger partial charge on any atom is -0.494 e. The van der Waals surface area contributed by atoms with Gasteiger partial charge in [0.15, 0.2) is 10.6 Å². The summed E-state index contributed by atoms with van der Waals surface area (Å²) in [7, 11) is 1.47. The molecule has 2 aliphatic heterocycles. The smallest absolute Gasteiger partial charge is 0.410 e. The highest BCUT2D eigenvalue weighted by Gasteiger charge is 2.32. The number of hydrogen-bond acceptors (Lipinski definition) is 15. The first-order valence-electron chi connectivity index (χ1n) is 26.1. The van der Waals surface area contributed by atoms with Crippen LogP contribution in [0, 0.1) is 13.8 Å². The summed E-state index contributed by atoms with van der Waals surface area (Å²) in [6.45, 7) is 18.5. The topological polar surface area (TPSA) is 285 Å². The highest BCUT2D eigenvalue weighted by atomic mass is 32.1. The molecule has 9 rings (SSSR count). The lowest BCUT2D eigenvalue weighted by Crippen LogP contribution is -2.42. The number of piperidine rings is 1. The number of likely N-dealkylation sites (tertiary alicyclic amines) is 1. The number of thiazole rings is 1. The number of carbonyl (C=O) groups is 5. The predicted octanol–water partition coefficient (Wildman–Crippen LogP) is 5.55. The third-order valence-corrected chi connectivity index (χ3v) is 14.6. The second-order valence-corrected chi connectivity index (χ2v) is 21.3. The zero-order valence-corrected chi connectivity index (χ0v) is 46.1. The van der Waals surface area contributed by atoms with Crippen LogP contribution in [0.1, 0.15) is 125 Å². The maximum absolute atomic E-state index is 14.0. The molecule has 0 atom stereocenters. The van der Waals surface area contributed by atoms with Gasteiger partial charge in [0.05, 0.1) is 41.9 Å². The van der Waals surface area contributed by atoms with Crippen molar-refractivity contribution in [2.45, 2.75) is 119 Å². The Hall–Kier alpha value is -8.19. The monoisotopic (exact) mass is 1090 g/mol. The number of fused-ring (bicyclic) bond motifs is 3. The molecule has 24 nitrogen and oxygen atoms in total. The number of allylic oxidation sites excluding steroid dienone is 2. The third-order valence-electron chi connectivity index (χ3n) is 13.6. The zero-order chi connectivity index (χ0) is 55.6. The number of imidazole rings is 1. The standard InChI is InChI=1S/C53H66N16O8S/c1-9-68-37(24-31(3)61-68)48(72)57-50-56-36-26-34(45(54)70)27-39(75-8)43(36)66(50)17-11-12-18-67-44-40(28-35(46(55)71)29-41(44)78-51(67)58-49(73)38-25-32(4)62-69(38)10-2)76-23-13-16-63-19-14-33(15-20-63)47-60-59-42-30-64(21-22-65(42)47)52(74)77-53(5,6)7/h11-12,24-29,33H,9-10,13-23,30H2,1-8H3,(H2,54,70)(H2,55,71)(H,56,57,72)/b12-11+,58-51?. The highest BCUT2D eigenvalue weighted by molar-refractivity contribution is 7.16. The van der Waals surface area contributed by atoms with Gasteiger partial charge in [0.1, 0.15) is 45.3 Å². The average molecular weight is 1090 g/mol. The zero-order valence-electron chi connectivity index (χ0n) is 45.2. The molecule has 0 spiro atoms. The predicted molar refractivity (Wildman–Crippen MR) is 291 cm³/mol. The second-order valence-electron chi connectivity index (χ2n) is 20.3. The van der Waals surface area contributed by atoms with Crippen LogP contribution in [0.4, 0.5) is 10.7 Å². The van der Waals surface area contributed by atoms with Crippen LogP contribution in [0.3, 0.4) is 0 Å². The molecule has 2 aromatic carbocycles. The van der Waals surface area contributed by atoms with Gasteiger partial charge in [0, 0.05) is 62.9 Å². The maximum atomic E-state index is 14.0. The molecule has 5 amide bonds. The van der Waals surface area contributed by atoms with Gasteiger partial charge in [-0.2, -0.15) is 15.2 Å². The Morgan fingerprint density at radius 1 is 0.821 bits per heavy atom.